The molecular weight excluding hydrogens is 541 g/mol. The summed E-state index contributed by atoms with van der Waals surface area (Å²) in [7, 11) is 4.80. The van der Waals surface area contributed by atoms with E-state index >= 15 is 0 Å². The first-order chi connectivity index (χ1) is 19.4. The molecule has 0 bridgehead atoms. The molecule has 2 aromatic rings. The lowest BCUT2D eigenvalue weighted by molar-refractivity contribution is -0.262. The molecule has 12 heteroatoms. The van der Waals surface area contributed by atoms with Crippen LogP contribution in [0.1, 0.15) is 42.1 Å². The first-order valence-corrected chi connectivity index (χ1v) is 13.7. The van der Waals surface area contributed by atoms with E-state index in [0.717, 1.165) is 36.5 Å². The molecule has 1 N–H and O–H groups in total. The number of nitrogens with zero attached hydrogens (tertiary/aromatic N) is 4. The lowest BCUT2D eigenvalue weighted by atomic mass is 9.83. The summed E-state index contributed by atoms with van der Waals surface area (Å²) in [6.07, 6.45) is -3.20. The minimum absolute atomic E-state index is 0.142. The van der Waals surface area contributed by atoms with Crippen molar-refractivity contribution in [3.8, 4) is 11.6 Å². The molecule has 2 fully saturated rings. The molecular formula is C29H37F3N4O5. The molecule has 41 heavy (non-hydrogen) atoms. The maximum absolute atomic E-state index is 14.2. The molecule has 1 atom stereocenters. The van der Waals surface area contributed by atoms with Crippen LogP contribution in [0.3, 0.4) is 0 Å². The van der Waals surface area contributed by atoms with Gasteiger partial charge in [-0.15, -0.1) is 0 Å². The summed E-state index contributed by atoms with van der Waals surface area (Å²) < 4.78 is 53.1. The lowest BCUT2D eigenvalue weighted by Gasteiger charge is -2.43. The largest absolute Gasteiger partial charge is 0.494 e. The highest BCUT2D eigenvalue weighted by Crippen LogP contribution is 2.42. The van der Waals surface area contributed by atoms with Gasteiger partial charge < -0.3 is 29.3 Å². The van der Waals surface area contributed by atoms with Crippen LogP contribution in [-0.4, -0.2) is 91.9 Å². The maximum atomic E-state index is 14.2. The Kier molecular flexibility index (Phi) is 9.00. The number of methoxy groups -OCH3 is 1. The number of alkyl halides is 3. The monoisotopic (exact) mass is 578 g/mol. The van der Waals surface area contributed by atoms with Gasteiger partial charge in [0.2, 0.25) is 5.88 Å². The Labute approximate surface area is 237 Å². The normalized spacial score (nSPS) is 18.0. The van der Waals surface area contributed by atoms with E-state index in [0.29, 0.717) is 30.1 Å². The highest BCUT2D eigenvalue weighted by Gasteiger charge is 2.62. The van der Waals surface area contributed by atoms with Gasteiger partial charge in [-0.1, -0.05) is 12.1 Å². The second-order valence-electron chi connectivity index (χ2n) is 10.8. The van der Waals surface area contributed by atoms with Crippen LogP contribution in [0.4, 0.5) is 19.0 Å². The van der Waals surface area contributed by atoms with Crippen molar-refractivity contribution in [2.45, 2.75) is 38.0 Å². The lowest BCUT2D eigenvalue weighted by Crippen LogP contribution is -2.57. The molecule has 0 spiro atoms. The van der Waals surface area contributed by atoms with Gasteiger partial charge in [0.1, 0.15) is 17.1 Å². The van der Waals surface area contributed by atoms with Crippen LogP contribution in [0.5, 0.6) is 11.6 Å². The predicted molar refractivity (Wildman–Crippen MR) is 146 cm³/mol. The van der Waals surface area contributed by atoms with Crippen molar-refractivity contribution in [2.75, 3.05) is 58.9 Å². The van der Waals surface area contributed by atoms with Crippen molar-refractivity contribution in [3.63, 3.8) is 0 Å². The minimum Gasteiger partial charge on any atom is -0.494 e. The molecule has 3 heterocycles. The number of hydrogen-bond acceptors (Lipinski definition) is 7. The van der Waals surface area contributed by atoms with E-state index < -0.39 is 23.2 Å². The molecule has 0 unspecified atom stereocenters. The third-order valence-electron chi connectivity index (χ3n) is 7.81. The number of aliphatic hydroxyl groups is 1. The molecule has 2 amide bonds. The van der Waals surface area contributed by atoms with E-state index in [2.05, 4.69) is 9.88 Å². The number of carbonyl (C=O) groups is 2. The highest BCUT2D eigenvalue weighted by atomic mass is 19.4. The summed E-state index contributed by atoms with van der Waals surface area (Å²) in [4.78, 5) is 34.7. The van der Waals surface area contributed by atoms with Crippen molar-refractivity contribution in [1.82, 2.24) is 14.8 Å². The Morgan fingerprint density at radius 1 is 1.10 bits per heavy atom. The number of piperidine rings is 1. The van der Waals surface area contributed by atoms with Crippen molar-refractivity contribution in [2.24, 2.45) is 11.8 Å². The average molecular weight is 579 g/mol. The first kappa shape index (κ1) is 30.4. The molecule has 4 rings (SSSR count). The zero-order chi connectivity index (χ0) is 29.9. The van der Waals surface area contributed by atoms with Crippen LogP contribution >= 0.6 is 0 Å². The van der Waals surface area contributed by atoms with Crippen LogP contribution in [0, 0.1) is 11.8 Å². The second-order valence-corrected chi connectivity index (χ2v) is 10.8. The number of carbonyl (C=O) groups excluding carboxylic acids is 2. The van der Waals surface area contributed by atoms with Gasteiger partial charge in [0.05, 0.1) is 13.7 Å². The van der Waals surface area contributed by atoms with Gasteiger partial charge in [-0.25, -0.2) is 0 Å². The van der Waals surface area contributed by atoms with Crippen LogP contribution in [0.15, 0.2) is 36.4 Å². The van der Waals surface area contributed by atoms with Crippen molar-refractivity contribution >= 4 is 17.6 Å². The number of benzene rings is 1. The number of rotatable bonds is 9. The van der Waals surface area contributed by atoms with Crippen LogP contribution in [-0.2, 0) is 10.4 Å². The number of ether oxygens (including phenoxy) is 2. The molecule has 0 radical (unpaired) electrons. The fourth-order valence-electron chi connectivity index (χ4n) is 5.53. The van der Waals surface area contributed by atoms with Gasteiger partial charge >= 0.3 is 6.18 Å². The Hall–Kier alpha value is -3.54. The van der Waals surface area contributed by atoms with E-state index in [9.17, 15) is 27.9 Å². The number of hydrogen-bond donors (Lipinski definition) is 1. The van der Waals surface area contributed by atoms with Gasteiger partial charge in [0, 0.05) is 45.8 Å². The number of aromatic nitrogens is 1. The van der Waals surface area contributed by atoms with Crippen LogP contribution < -0.4 is 14.4 Å². The summed E-state index contributed by atoms with van der Waals surface area (Å²) in [5.74, 6) is 0.225. The Bertz CT molecular complexity index is 1240. The standard InChI is InChI=1S/C29H37F3N4O5/c1-5-41-22-8-6-7-21(16-22)28(39,29(30,31)32)27(38)35-13-11-19(12-14-35)15-20-17-36(18-20)24-10-9-23(25(33-24)40-4)26(37)34(2)3/h6-10,16,19-20,39H,5,11-15,17-18H2,1-4H3/t28-/m1/s1. The van der Waals surface area contributed by atoms with E-state index in [-0.39, 0.29) is 43.2 Å². The predicted octanol–water partition coefficient (Wildman–Crippen LogP) is 3.71. The molecule has 0 saturated carbocycles. The van der Waals surface area contributed by atoms with Gasteiger partial charge in [-0.05, 0) is 62.3 Å². The van der Waals surface area contributed by atoms with E-state index in [1.54, 1.807) is 33.2 Å². The molecule has 224 valence electrons. The average Bonchev–Trinajstić information content (AvgIpc) is 2.93. The fourth-order valence-corrected chi connectivity index (χ4v) is 5.53. The topological polar surface area (TPSA) is 95.4 Å². The number of halogens is 3. The third kappa shape index (κ3) is 6.22. The minimum atomic E-state index is -5.20. The number of amides is 2. The zero-order valence-corrected chi connectivity index (χ0v) is 23.8. The first-order valence-electron chi connectivity index (χ1n) is 13.7. The van der Waals surface area contributed by atoms with Gasteiger partial charge in [0.15, 0.2) is 0 Å². The van der Waals surface area contributed by atoms with Gasteiger partial charge in [-0.2, -0.15) is 18.2 Å². The summed E-state index contributed by atoms with van der Waals surface area (Å²) in [5, 5.41) is 10.8. The number of pyridine rings is 1. The zero-order valence-electron chi connectivity index (χ0n) is 23.8. The van der Waals surface area contributed by atoms with Gasteiger partial charge in [0.25, 0.3) is 17.4 Å². The van der Waals surface area contributed by atoms with Crippen molar-refractivity contribution in [1.29, 1.82) is 0 Å². The molecule has 1 aromatic carbocycles. The molecule has 1 aromatic heterocycles. The summed E-state index contributed by atoms with van der Waals surface area (Å²) in [6, 6.07) is 8.49. The third-order valence-corrected chi connectivity index (χ3v) is 7.81. The Balaban J connectivity index is 1.33. The van der Waals surface area contributed by atoms with Crippen molar-refractivity contribution in [3.05, 3.63) is 47.5 Å². The summed E-state index contributed by atoms with van der Waals surface area (Å²) in [5.41, 5.74) is -3.82. The maximum Gasteiger partial charge on any atom is 0.430 e. The molecule has 2 aliphatic heterocycles. The quantitative estimate of drug-likeness (QED) is 0.485. The molecule has 0 aliphatic carbocycles. The fraction of sp³-hybridized carbons (Fsp3) is 0.552. The Morgan fingerprint density at radius 2 is 1.78 bits per heavy atom. The van der Waals surface area contributed by atoms with Crippen molar-refractivity contribution < 1.29 is 37.3 Å². The van der Waals surface area contributed by atoms with E-state index in [1.165, 1.54) is 24.1 Å². The van der Waals surface area contributed by atoms with Gasteiger partial charge in [-0.3, -0.25) is 9.59 Å². The molecule has 2 saturated heterocycles. The molecule has 9 nitrogen and oxygen atoms in total. The van der Waals surface area contributed by atoms with Crippen LogP contribution in [0.25, 0.3) is 0 Å². The Morgan fingerprint density at radius 3 is 2.37 bits per heavy atom. The van der Waals surface area contributed by atoms with Crippen LogP contribution in [0.2, 0.25) is 0 Å². The SMILES string of the molecule is CCOc1cccc([C@@](O)(C(=O)N2CCC(CC3CN(c4ccc(C(=O)N(C)C)c(OC)n4)C3)CC2)C(F)(F)F)c1. The second kappa shape index (κ2) is 12.1. The van der Waals surface area contributed by atoms with E-state index in [1.807, 2.05) is 0 Å². The smallest absolute Gasteiger partial charge is 0.430 e. The number of anilines is 1. The summed E-state index contributed by atoms with van der Waals surface area (Å²) >= 11 is 0. The summed E-state index contributed by atoms with van der Waals surface area (Å²) in [6.45, 7) is 3.75. The highest BCUT2D eigenvalue weighted by molar-refractivity contribution is 5.96. The van der Waals surface area contributed by atoms with E-state index in [4.69, 9.17) is 9.47 Å². The molecule has 2 aliphatic rings. The number of likely N-dealkylation sites (tertiary alicyclic amines) is 1.